The highest BCUT2D eigenvalue weighted by atomic mass is 16.5. The molecule has 3 aromatic carbocycles. The van der Waals surface area contributed by atoms with Crippen molar-refractivity contribution in [2.45, 2.75) is 69.4 Å². The predicted molar refractivity (Wildman–Crippen MR) is 166 cm³/mol. The third-order valence-electron chi connectivity index (χ3n) is 9.45. The van der Waals surface area contributed by atoms with Gasteiger partial charge in [0.1, 0.15) is 23.1 Å². The lowest BCUT2D eigenvalue weighted by atomic mass is 9.74. The monoisotopic (exact) mass is 591 g/mol. The van der Waals surface area contributed by atoms with E-state index in [2.05, 4.69) is 10.6 Å². The van der Waals surface area contributed by atoms with Crippen LogP contribution in [0.25, 0.3) is 0 Å². The van der Waals surface area contributed by atoms with Crippen LogP contribution in [0.3, 0.4) is 0 Å². The van der Waals surface area contributed by atoms with E-state index >= 15 is 0 Å². The molecule has 1 aliphatic carbocycles. The molecule has 2 N–H and O–H groups in total. The average molecular weight is 592 g/mol. The number of carbonyl (C=O) groups excluding carboxylic acids is 3. The molecule has 3 heterocycles. The van der Waals surface area contributed by atoms with Crippen LogP contribution in [0.2, 0.25) is 0 Å². The smallest absolute Gasteiger partial charge is 0.246 e. The summed E-state index contributed by atoms with van der Waals surface area (Å²) in [5.74, 6) is -0.944. The minimum atomic E-state index is -1.19. The molecule has 226 valence electrons. The maximum absolute atomic E-state index is 14.3. The van der Waals surface area contributed by atoms with E-state index in [9.17, 15) is 14.4 Å². The Morgan fingerprint density at radius 2 is 1.61 bits per heavy atom. The molecule has 5 atom stereocenters. The van der Waals surface area contributed by atoms with Gasteiger partial charge in [-0.15, -0.1) is 0 Å². The molecule has 3 fully saturated rings. The number of fused-ring (bicyclic) bond motifs is 1. The lowest BCUT2D eigenvalue weighted by Crippen LogP contribution is -2.56. The summed E-state index contributed by atoms with van der Waals surface area (Å²) in [6.45, 7) is 2.28. The number of rotatable bonds is 8. The maximum atomic E-state index is 14.3. The van der Waals surface area contributed by atoms with E-state index in [0.717, 1.165) is 42.6 Å². The predicted octanol–water partition coefficient (Wildman–Crippen LogP) is 5.53. The first-order valence-corrected chi connectivity index (χ1v) is 15.6. The van der Waals surface area contributed by atoms with Crippen LogP contribution in [-0.4, -0.2) is 46.4 Å². The molecule has 44 heavy (non-hydrogen) atoms. The lowest BCUT2D eigenvalue weighted by molar-refractivity contribution is -0.142. The van der Waals surface area contributed by atoms with E-state index in [1.54, 1.807) is 29.2 Å². The second-order valence-corrected chi connectivity index (χ2v) is 12.4. The molecule has 1 saturated carbocycles. The summed E-state index contributed by atoms with van der Waals surface area (Å²) in [5, 5.41) is 6.23. The van der Waals surface area contributed by atoms with E-state index in [-0.39, 0.29) is 30.3 Å². The number of amides is 3. The average Bonchev–Trinajstić information content (AvgIpc) is 3.68. The van der Waals surface area contributed by atoms with Crippen LogP contribution in [0, 0.1) is 18.8 Å². The molecule has 0 aromatic heterocycles. The summed E-state index contributed by atoms with van der Waals surface area (Å²) in [5.41, 5.74) is 1.43. The van der Waals surface area contributed by atoms with Crippen LogP contribution in [-0.2, 0) is 25.7 Å². The largest absolute Gasteiger partial charge is 0.457 e. The number of benzene rings is 3. The number of anilines is 1. The summed E-state index contributed by atoms with van der Waals surface area (Å²) in [6, 6.07) is 23.8. The van der Waals surface area contributed by atoms with Gasteiger partial charge in [-0.3, -0.25) is 14.4 Å². The van der Waals surface area contributed by atoms with E-state index in [1.165, 1.54) is 6.42 Å². The number of hydrogen-bond donors (Lipinski definition) is 2. The topological polar surface area (TPSA) is 97.0 Å². The van der Waals surface area contributed by atoms with Gasteiger partial charge in [0.15, 0.2) is 0 Å². The third kappa shape index (κ3) is 5.17. The molecule has 1 spiro atoms. The van der Waals surface area contributed by atoms with Crippen LogP contribution in [0.5, 0.6) is 11.5 Å². The Morgan fingerprint density at radius 3 is 2.34 bits per heavy atom. The van der Waals surface area contributed by atoms with Crippen molar-refractivity contribution in [3.8, 4) is 11.5 Å². The Balaban J connectivity index is 1.13. The van der Waals surface area contributed by atoms with Gasteiger partial charge >= 0.3 is 0 Å². The molecule has 0 radical (unpaired) electrons. The van der Waals surface area contributed by atoms with Gasteiger partial charge in [0.25, 0.3) is 0 Å². The number of nitrogens with zero attached hydrogens (tertiary/aromatic N) is 1. The normalized spacial score (nSPS) is 27.3. The number of hydrogen-bond acceptors (Lipinski definition) is 5. The van der Waals surface area contributed by atoms with E-state index in [4.69, 9.17) is 9.47 Å². The van der Waals surface area contributed by atoms with Crippen molar-refractivity contribution in [1.29, 1.82) is 0 Å². The number of para-hydroxylation sites is 1. The molecule has 0 unspecified atom stereocenters. The van der Waals surface area contributed by atoms with Crippen LogP contribution >= 0.6 is 0 Å². The lowest BCUT2D eigenvalue weighted by Gasteiger charge is -2.34. The van der Waals surface area contributed by atoms with E-state index < -0.39 is 29.6 Å². The molecule has 2 saturated heterocycles. The van der Waals surface area contributed by atoms with Gasteiger partial charge in [-0.2, -0.15) is 0 Å². The second-order valence-electron chi connectivity index (χ2n) is 12.4. The minimum Gasteiger partial charge on any atom is -0.457 e. The van der Waals surface area contributed by atoms with Crippen LogP contribution in [0.15, 0.2) is 91.0 Å². The van der Waals surface area contributed by atoms with Crippen LogP contribution in [0.1, 0.15) is 43.2 Å². The number of carbonyl (C=O) groups is 3. The molecule has 3 amide bonds. The van der Waals surface area contributed by atoms with Gasteiger partial charge in [0.05, 0.1) is 17.9 Å². The summed E-state index contributed by atoms with van der Waals surface area (Å²) < 4.78 is 12.4. The molecule has 4 aliphatic rings. The molecule has 7 rings (SSSR count). The van der Waals surface area contributed by atoms with Crippen molar-refractivity contribution in [3.63, 3.8) is 0 Å². The first-order valence-electron chi connectivity index (χ1n) is 15.6. The third-order valence-corrected chi connectivity index (χ3v) is 9.45. The summed E-state index contributed by atoms with van der Waals surface area (Å²) in [4.78, 5) is 43.8. The zero-order chi connectivity index (χ0) is 30.3. The van der Waals surface area contributed by atoms with Gasteiger partial charge in [-0.25, -0.2) is 0 Å². The Hall–Kier alpha value is -4.43. The molecular weight excluding hydrogens is 554 g/mol. The Kier molecular flexibility index (Phi) is 7.46. The molecule has 3 aliphatic heterocycles. The molecule has 8 heteroatoms. The first-order chi connectivity index (χ1) is 21.4. The van der Waals surface area contributed by atoms with Crippen molar-refractivity contribution in [1.82, 2.24) is 10.2 Å². The molecule has 2 bridgehead atoms. The fraction of sp³-hybridized carbons (Fsp3) is 0.361. The summed E-state index contributed by atoms with van der Waals surface area (Å²) in [6.07, 6.45) is 8.32. The van der Waals surface area contributed by atoms with Gasteiger partial charge < -0.3 is 25.0 Å². The Morgan fingerprint density at radius 1 is 0.909 bits per heavy atom. The van der Waals surface area contributed by atoms with Crippen molar-refractivity contribution in [2.24, 2.45) is 11.8 Å². The first kappa shape index (κ1) is 28.3. The van der Waals surface area contributed by atoms with E-state index in [0.29, 0.717) is 11.4 Å². The van der Waals surface area contributed by atoms with Gasteiger partial charge in [-0.1, -0.05) is 79.4 Å². The SMILES string of the molecule is Cc1ccc(CN2C(=O)[C@H]3[C@H](C(=O)Nc4ccc(Oc5ccccc5)cc4)[C@H]4C=C[C@@]3(O4)[C@H]2C(=O)NC2CCCCC2)cc1. The van der Waals surface area contributed by atoms with Gasteiger partial charge in [0.2, 0.25) is 17.7 Å². The summed E-state index contributed by atoms with van der Waals surface area (Å²) in [7, 11) is 0. The van der Waals surface area contributed by atoms with Crippen molar-refractivity contribution >= 4 is 23.4 Å². The van der Waals surface area contributed by atoms with Crippen LogP contribution in [0.4, 0.5) is 5.69 Å². The highest BCUT2D eigenvalue weighted by molar-refractivity contribution is 6.02. The van der Waals surface area contributed by atoms with Crippen molar-refractivity contribution < 1.29 is 23.9 Å². The van der Waals surface area contributed by atoms with E-state index in [1.807, 2.05) is 73.7 Å². The zero-order valence-electron chi connectivity index (χ0n) is 24.8. The minimum absolute atomic E-state index is 0.0820. The highest BCUT2D eigenvalue weighted by Crippen LogP contribution is 2.55. The number of aryl methyl sites for hydroxylation is 1. The molecule has 8 nitrogen and oxygen atoms in total. The number of nitrogens with one attached hydrogen (secondary N) is 2. The molecular formula is C36H37N3O5. The maximum Gasteiger partial charge on any atom is 0.246 e. The van der Waals surface area contributed by atoms with Gasteiger partial charge in [-0.05, 0) is 61.7 Å². The standard InChI is InChI=1S/C36H37N3O5/c1-23-12-14-24(15-13-23)22-39-32(34(41)38-25-8-4-2-5-9-25)36-21-20-29(44-36)30(31(36)35(39)42)33(40)37-26-16-18-28(19-17-26)43-27-10-6-3-7-11-27/h3,6-7,10-21,25,29-32H,2,4-5,8-9,22H2,1H3,(H,37,40)(H,38,41)/t29-,30-,31-,32-,36+/m1/s1. The van der Waals surface area contributed by atoms with Crippen LogP contribution < -0.4 is 15.4 Å². The zero-order valence-corrected chi connectivity index (χ0v) is 24.8. The quantitative estimate of drug-likeness (QED) is 0.336. The molecule has 3 aromatic rings. The number of ether oxygens (including phenoxy) is 2. The van der Waals surface area contributed by atoms with Crippen molar-refractivity contribution in [3.05, 3.63) is 102 Å². The van der Waals surface area contributed by atoms with Crippen molar-refractivity contribution in [2.75, 3.05) is 5.32 Å². The Labute approximate surface area is 257 Å². The summed E-state index contributed by atoms with van der Waals surface area (Å²) >= 11 is 0. The van der Waals surface area contributed by atoms with Gasteiger partial charge in [0, 0.05) is 18.3 Å². The highest BCUT2D eigenvalue weighted by Gasteiger charge is 2.72. The number of likely N-dealkylation sites (tertiary alicyclic amines) is 1. The fourth-order valence-corrected chi connectivity index (χ4v) is 7.31. The Bertz CT molecular complexity index is 1570. The fourth-order valence-electron chi connectivity index (χ4n) is 7.31. The second kappa shape index (κ2) is 11.6.